The minimum Gasteiger partial charge on any atom is -0.396 e. The topological polar surface area (TPSA) is 72.2 Å². The standard InChI is InChI=1S/C13H11Cl2FN2O2S/c1-7-3-2-4-8(14)13(7)18-21(19,20)12-6-11(17)10(16)5-9(12)15/h2-6,18H,17H2,1H3. The molecule has 4 nitrogen and oxygen atoms in total. The number of rotatable bonds is 3. The maximum Gasteiger partial charge on any atom is 0.263 e. The molecule has 0 atom stereocenters. The zero-order valence-electron chi connectivity index (χ0n) is 10.8. The molecule has 0 aliphatic carbocycles. The van der Waals surface area contributed by atoms with Gasteiger partial charge < -0.3 is 5.73 Å². The predicted octanol–water partition coefficient (Wildman–Crippen LogP) is 3.82. The smallest absolute Gasteiger partial charge is 0.263 e. The molecule has 2 rings (SSSR count). The van der Waals surface area contributed by atoms with E-state index in [4.69, 9.17) is 28.9 Å². The van der Waals surface area contributed by atoms with Crippen LogP contribution in [0.4, 0.5) is 15.8 Å². The summed E-state index contributed by atoms with van der Waals surface area (Å²) in [6, 6.07) is 6.76. The Labute approximate surface area is 131 Å². The van der Waals surface area contributed by atoms with Crippen molar-refractivity contribution >= 4 is 44.6 Å². The molecule has 0 radical (unpaired) electrons. The van der Waals surface area contributed by atoms with Crippen LogP contribution in [0.15, 0.2) is 35.2 Å². The number of hydrogen-bond donors (Lipinski definition) is 2. The van der Waals surface area contributed by atoms with E-state index in [1.54, 1.807) is 25.1 Å². The van der Waals surface area contributed by atoms with Crippen molar-refractivity contribution in [3.8, 4) is 0 Å². The van der Waals surface area contributed by atoms with Crippen molar-refractivity contribution in [2.24, 2.45) is 0 Å². The Balaban J connectivity index is 2.51. The van der Waals surface area contributed by atoms with E-state index in [1.165, 1.54) is 0 Å². The van der Waals surface area contributed by atoms with Gasteiger partial charge >= 0.3 is 0 Å². The van der Waals surface area contributed by atoms with Gasteiger partial charge in [0.2, 0.25) is 0 Å². The van der Waals surface area contributed by atoms with Crippen molar-refractivity contribution in [3.63, 3.8) is 0 Å². The molecule has 3 N–H and O–H groups in total. The minimum absolute atomic E-state index is 0.234. The quantitative estimate of drug-likeness (QED) is 0.828. The SMILES string of the molecule is Cc1cccc(Cl)c1NS(=O)(=O)c1cc(N)c(F)cc1Cl. The molecule has 0 spiro atoms. The van der Waals surface area contributed by atoms with Gasteiger partial charge in [-0.3, -0.25) is 4.72 Å². The molecule has 0 aliphatic rings. The van der Waals surface area contributed by atoms with Crippen LogP contribution in [0.5, 0.6) is 0 Å². The molecular weight excluding hydrogens is 338 g/mol. The number of para-hydroxylation sites is 1. The van der Waals surface area contributed by atoms with E-state index in [9.17, 15) is 12.8 Å². The highest BCUT2D eigenvalue weighted by molar-refractivity contribution is 7.92. The molecule has 0 aliphatic heterocycles. The third-order valence-electron chi connectivity index (χ3n) is 2.80. The van der Waals surface area contributed by atoms with Gasteiger partial charge in [-0.2, -0.15) is 0 Å². The number of aryl methyl sites for hydroxylation is 1. The Morgan fingerprint density at radius 2 is 1.86 bits per heavy atom. The first-order chi connectivity index (χ1) is 9.72. The number of nitrogen functional groups attached to an aromatic ring is 1. The summed E-state index contributed by atoms with van der Waals surface area (Å²) in [4.78, 5) is -0.317. The summed E-state index contributed by atoms with van der Waals surface area (Å²) in [6.07, 6.45) is 0. The lowest BCUT2D eigenvalue weighted by Crippen LogP contribution is -2.15. The van der Waals surface area contributed by atoms with Crippen LogP contribution < -0.4 is 10.5 Å². The molecule has 0 saturated heterocycles. The number of sulfonamides is 1. The van der Waals surface area contributed by atoms with Gasteiger partial charge in [-0.25, -0.2) is 12.8 Å². The van der Waals surface area contributed by atoms with E-state index >= 15 is 0 Å². The monoisotopic (exact) mass is 348 g/mol. The molecule has 0 heterocycles. The van der Waals surface area contributed by atoms with E-state index in [-0.39, 0.29) is 26.3 Å². The second-order valence-electron chi connectivity index (χ2n) is 4.34. The van der Waals surface area contributed by atoms with Gasteiger partial charge in [-0.1, -0.05) is 35.3 Å². The molecular formula is C13H11Cl2FN2O2S. The Kier molecular flexibility index (Phi) is 4.32. The third-order valence-corrected chi connectivity index (χ3v) is 4.93. The zero-order chi connectivity index (χ0) is 15.8. The first-order valence-corrected chi connectivity index (χ1v) is 7.99. The maximum absolute atomic E-state index is 13.3. The summed E-state index contributed by atoms with van der Waals surface area (Å²) < 4.78 is 40.3. The molecule has 2 aromatic rings. The van der Waals surface area contributed by atoms with Crippen LogP contribution in [0.1, 0.15) is 5.56 Å². The number of anilines is 2. The fourth-order valence-electron chi connectivity index (χ4n) is 1.70. The first-order valence-electron chi connectivity index (χ1n) is 5.75. The van der Waals surface area contributed by atoms with Crippen molar-refractivity contribution in [2.45, 2.75) is 11.8 Å². The second kappa shape index (κ2) is 5.71. The average molecular weight is 349 g/mol. The third kappa shape index (κ3) is 3.23. The number of nitrogens with two attached hydrogens (primary N) is 1. The lowest BCUT2D eigenvalue weighted by atomic mass is 10.2. The summed E-state index contributed by atoms with van der Waals surface area (Å²) in [7, 11) is -4.04. The maximum atomic E-state index is 13.3. The van der Waals surface area contributed by atoms with Gasteiger partial charge in [0.25, 0.3) is 10.0 Å². The van der Waals surface area contributed by atoms with E-state index in [0.29, 0.717) is 5.56 Å². The summed E-state index contributed by atoms with van der Waals surface area (Å²) in [5, 5.41) is -0.0244. The fourth-order valence-corrected chi connectivity index (χ4v) is 3.73. The highest BCUT2D eigenvalue weighted by Gasteiger charge is 2.22. The Morgan fingerprint density at radius 1 is 1.19 bits per heavy atom. The van der Waals surface area contributed by atoms with Crippen molar-refractivity contribution < 1.29 is 12.8 Å². The van der Waals surface area contributed by atoms with Crippen molar-refractivity contribution in [3.05, 3.63) is 51.8 Å². The lowest BCUT2D eigenvalue weighted by molar-refractivity contribution is 0.600. The van der Waals surface area contributed by atoms with Crippen LogP contribution >= 0.6 is 23.2 Å². The van der Waals surface area contributed by atoms with Crippen molar-refractivity contribution in [2.75, 3.05) is 10.5 Å². The summed E-state index contributed by atoms with van der Waals surface area (Å²) >= 11 is 11.8. The van der Waals surface area contributed by atoms with Crippen molar-refractivity contribution in [1.29, 1.82) is 0 Å². The molecule has 2 aromatic carbocycles. The van der Waals surface area contributed by atoms with Gasteiger partial charge in [-0.15, -0.1) is 0 Å². The Bertz CT molecular complexity index is 790. The summed E-state index contributed by atoms with van der Waals surface area (Å²) in [5.41, 5.74) is 5.95. The Hall–Kier alpha value is -1.50. The highest BCUT2D eigenvalue weighted by Crippen LogP contribution is 2.31. The molecule has 0 unspecified atom stereocenters. The van der Waals surface area contributed by atoms with Crippen LogP contribution in [0, 0.1) is 12.7 Å². The van der Waals surface area contributed by atoms with Crippen molar-refractivity contribution in [1.82, 2.24) is 0 Å². The molecule has 0 saturated carbocycles. The summed E-state index contributed by atoms with van der Waals surface area (Å²) in [5.74, 6) is -0.784. The second-order valence-corrected chi connectivity index (χ2v) is 6.81. The van der Waals surface area contributed by atoms with Gasteiger partial charge in [0.1, 0.15) is 10.7 Å². The van der Waals surface area contributed by atoms with E-state index in [1.807, 2.05) is 0 Å². The minimum atomic E-state index is -4.04. The van der Waals surface area contributed by atoms with Crippen LogP contribution in [-0.2, 0) is 10.0 Å². The molecule has 21 heavy (non-hydrogen) atoms. The number of halogens is 3. The molecule has 0 fully saturated rings. The first kappa shape index (κ1) is 15.9. The number of nitrogens with one attached hydrogen (secondary N) is 1. The van der Waals surface area contributed by atoms with Crippen LogP contribution in [0.25, 0.3) is 0 Å². The van der Waals surface area contributed by atoms with Gasteiger partial charge in [0.15, 0.2) is 0 Å². The van der Waals surface area contributed by atoms with E-state index in [0.717, 1.165) is 12.1 Å². The zero-order valence-corrected chi connectivity index (χ0v) is 13.2. The van der Waals surface area contributed by atoms with Gasteiger partial charge in [0, 0.05) is 0 Å². The molecule has 0 aromatic heterocycles. The van der Waals surface area contributed by atoms with Crippen LogP contribution in [0.3, 0.4) is 0 Å². The molecule has 112 valence electrons. The molecule has 0 amide bonds. The van der Waals surface area contributed by atoms with Crippen LogP contribution in [-0.4, -0.2) is 8.42 Å². The Morgan fingerprint density at radius 3 is 2.48 bits per heavy atom. The lowest BCUT2D eigenvalue weighted by Gasteiger charge is -2.13. The van der Waals surface area contributed by atoms with Crippen LogP contribution in [0.2, 0.25) is 10.0 Å². The summed E-state index contributed by atoms with van der Waals surface area (Å²) in [6.45, 7) is 1.70. The molecule has 0 bridgehead atoms. The van der Waals surface area contributed by atoms with Gasteiger partial charge in [-0.05, 0) is 30.7 Å². The largest absolute Gasteiger partial charge is 0.396 e. The number of hydrogen-bond acceptors (Lipinski definition) is 3. The fraction of sp³-hybridized carbons (Fsp3) is 0.0769. The van der Waals surface area contributed by atoms with E-state index < -0.39 is 15.8 Å². The predicted molar refractivity (Wildman–Crippen MR) is 82.8 cm³/mol. The van der Waals surface area contributed by atoms with E-state index in [2.05, 4.69) is 4.72 Å². The normalized spacial score (nSPS) is 11.4. The average Bonchev–Trinajstić information content (AvgIpc) is 2.38. The number of benzene rings is 2. The van der Waals surface area contributed by atoms with Gasteiger partial charge in [0.05, 0.1) is 21.4 Å². The molecule has 8 heteroatoms. The highest BCUT2D eigenvalue weighted by atomic mass is 35.5.